The van der Waals surface area contributed by atoms with Gasteiger partial charge >= 0.3 is 0 Å². The van der Waals surface area contributed by atoms with Gasteiger partial charge in [0.2, 0.25) is 0 Å². The average molecular weight is 318 g/mol. The summed E-state index contributed by atoms with van der Waals surface area (Å²) in [5, 5.41) is 2.63. The molecule has 0 bridgehead atoms. The van der Waals surface area contributed by atoms with Gasteiger partial charge in [0.05, 0.1) is 31.5 Å². The van der Waals surface area contributed by atoms with Crippen LogP contribution in [0.2, 0.25) is 0 Å². The molecular formula is C12H13BrFNO3. The fourth-order valence-electron chi connectivity index (χ4n) is 1.63. The van der Waals surface area contributed by atoms with E-state index < -0.39 is 11.7 Å². The Morgan fingerprint density at radius 3 is 3.06 bits per heavy atom. The Balaban J connectivity index is 1.92. The van der Waals surface area contributed by atoms with Gasteiger partial charge in [0.15, 0.2) is 0 Å². The molecule has 1 aromatic carbocycles. The van der Waals surface area contributed by atoms with Gasteiger partial charge in [0, 0.05) is 11.0 Å². The normalized spacial score (nSPS) is 19.6. The van der Waals surface area contributed by atoms with E-state index in [0.29, 0.717) is 30.8 Å². The van der Waals surface area contributed by atoms with Crippen molar-refractivity contribution in [1.82, 2.24) is 5.32 Å². The number of carbonyl (C=O) groups excluding carboxylic acids is 1. The highest BCUT2D eigenvalue weighted by Gasteiger charge is 2.17. The average Bonchev–Trinajstić information content (AvgIpc) is 2.40. The lowest BCUT2D eigenvalue weighted by atomic mass is 10.2. The number of rotatable bonds is 3. The highest BCUT2D eigenvalue weighted by Crippen LogP contribution is 2.15. The Morgan fingerprint density at radius 1 is 1.50 bits per heavy atom. The van der Waals surface area contributed by atoms with E-state index in [1.807, 2.05) is 0 Å². The van der Waals surface area contributed by atoms with Crippen LogP contribution >= 0.6 is 15.9 Å². The molecule has 0 radical (unpaired) electrons. The molecule has 0 aromatic heterocycles. The van der Waals surface area contributed by atoms with Gasteiger partial charge in [-0.3, -0.25) is 4.79 Å². The number of nitrogens with one attached hydrogen (secondary N) is 1. The number of carbonyl (C=O) groups is 1. The van der Waals surface area contributed by atoms with Crippen molar-refractivity contribution >= 4 is 21.8 Å². The largest absolute Gasteiger partial charge is 0.376 e. The Kier molecular flexibility index (Phi) is 4.68. The third kappa shape index (κ3) is 3.51. The maximum atomic E-state index is 13.4. The van der Waals surface area contributed by atoms with Crippen LogP contribution in [-0.4, -0.2) is 38.4 Å². The molecule has 1 unspecified atom stereocenters. The summed E-state index contributed by atoms with van der Waals surface area (Å²) in [7, 11) is 0. The van der Waals surface area contributed by atoms with Crippen LogP contribution in [0.4, 0.5) is 4.39 Å². The first-order valence-electron chi connectivity index (χ1n) is 5.59. The molecule has 2 rings (SSSR count). The molecule has 98 valence electrons. The molecule has 1 saturated heterocycles. The lowest BCUT2D eigenvalue weighted by Gasteiger charge is -2.23. The maximum absolute atomic E-state index is 13.4. The van der Waals surface area contributed by atoms with Crippen molar-refractivity contribution < 1.29 is 18.7 Å². The van der Waals surface area contributed by atoms with Crippen LogP contribution in [0.3, 0.4) is 0 Å². The van der Waals surface area contributed by atoms with Gasteiger partial charge in [-0.15, -0.1) is 0 Å². The molecule has 1 fully saturated rings. The number of halogens is 2. The summed E-state index contributed by atoms with van der Waals surface area (Å²) < 4.78 is 24.7. The second kappa shape index (κ2) is 6.26. The van der Waals surface area contributed by atoms with Crippen molar-refractivity contribution in [2.75, 3.05) is 26.4 Å². The van der Waals surface area contributed by atoms with E-state index in [-0.39, 0.29) is 11.7 Å². The minimum Gasteiger partial charge on any atom is -0.376 e. The molecule has 0 saturated carbocycles. The molecular weight excluding hydrogens is 305 g/mol. The van der Waals surface area contributed by atoms with Gasteiger partial charge < -0.3 is 14.8 Å². The minimum atomic E-state index is -0.545. The van der Waals surface area contributed by atoms with E-state index in [1.54, 1.807) is 6.07 Å². The van der Waals surface area contributed by atoms with Crippen LogP contribution in [-0.2, 0) is 9.47 Å². The van der Waals surface area contributed by atoms with Crippen LogP contribution < -0.4 is 5.32 Å². The molecule has 1 amide bonds. The molecule has 0 spiro atoms. The smallest absolute Gasteiger partial charge is 0.254 e. The lowest BCUT2D eigenvalue weighted by Crippen LogP contribution is -2.39. The van der Waals surface area contributed by atoms with Crippen LogP contribution in [0, 0.1) is 5.82 Å². The fraction of sp³-hybridized carbons (Fsp3) is 0.417. The summed E-state index contributed by atoms with van der Waals surface area (Å²) in [5.74, 6) is -1.00. The molecule has 1 aliphatic rings. The molecule has 1 atom stereocenters. The molecule has 4 nitrogen and oxygen atoms in total. The quantitative estimate of drug-likeness (QED) is 0.923. The first kappa shape index (κ1) is 13.5. The molecule has 1 aliphatic heterocycles. The number of hydrogen-bond acceptors (Lipinski definition) is 3. The molecule has 1 aromatic rings. The van der Waals surface area contributed by atoms with E-state index in [2.05, 4.69) is 21.2 Å². The third-order valence-corrected chi connectivity index (χ3v) is 3.04. The van der Waals surface area contributed by atoms with E-state index in [0.717, 1.165) is 0 Å². The van der Waals surface area contributed by atoms with Crippen molar-refractivity contribution in [3.63, 3.8) is 0 Å². The Morgan fingerprint density at radius 2 is 2.33 bits per heavy atom. The first-order chi connectivity index (χ1) is 8.66. The molecule has 1 heterocycles. The van der Waals surface area contributed by atoms with Crippen molar-refractivity contribution in [2.45, 2.75) is 6.10 Å². The van der Waals surface area contributed by atoms with Crippen LogP contribution in [0.1, 0.15) is 10.4 Å². The van der Waals surface area contributed by atoms with E-state index in [9.17, 15) is 9.18 Å². The number of benzene rings is 1. The topological polar surface area (TPSA) is 47.6 Å². The molecule has 6 heteroatoms. The van der Waals surface area contributed by atoms with Gasteiger partial charge in [-0.25, -0.2) is 4.39 Å². The van der Waals surface area contributed by atoms with Crippen LogP contribution in [0.15, 0.2) is 22.7 Å². The van der Waals surface area contributed by atoms with Crippen molar-refractivity contribution in [1.29, 1.82) is 0 Å². The maximum Gasteiger partial charge on any atom is 0.254 e. The van der Waals surface area contributed by atoms with Gasteiger partial charge in [-0.05, 0) is 18.2 Å². The zero-order valence-corrected chi connectivity index (χ0v) is 11.2. The predicted octanol–water partition coefficient (Wildman–Crippen LogP) is 1.73. The lowest BCUT2D eigenvalue weighted by molar-refractivity contribution is -0.0855. The predicted molar refractivity (Wildman–Crippen MR) is 67.0 cm³/mol. The van der Waals surface area contributed by atoms with Gasteiger partial charge in [-0.2, -0.15) is 0 Å². The Hall–Kier alpha value is -0.980. The number of ether oxygens (including phenoxy) is 2. The summed E-state index contributed by atoms with van der Waals surface area (Å²) >= 11 is 3.20. The van der Waals surface area contributed by atoms with Gasteiger partial charge in [0.1, 0.15) is 5.82 Å². The highest BCUT2D eigenvalue weighted by atomic mass is 79.9. The van der Waals surface area contributed by atoms with Crippen LogP contribution in [0.5, 0.6) is 0 Å². The van der Waals surface area contributed by atoms with Crippen molar-refractivity contribution in [3.8, 4) is 0 Å². The van der Waals surface area contributed by atoms with Gasteiger partial charge in [0.25, 0.3) is 5.91 Å². The minimum absolute atomic E-state index is 0.0149. The fourth-order valence-corrected chi connectivity index (χ4v) is 1.99. The Labute approximate surface area is 113 Å². The summed E-state index contributed by atoms with van der Waals surface area (Å²) in [6.45, 7) is 1.85. The first-order valence-corrected chi connectivity index (χ1v) is 6.38. The van der Waals surface area contributed by atoms with Crippen molar-refractivity contribution in [3.05, 3.63) is 34.1 Å². The second-order valence-corrected chi connectivity index (χ2v) is 4.82. The molecule has 1 N–H and O–H groups in total. The van der Waals surface area contributed by atoms with Crippen LogP contribution in [0.25, 0.3) is 0 Å². The Bertz CT molecular complexity index is 435. The standard InChI is InChI=1S/C12H13BrFNO3/c13-8-1-2-11(14)10(5-8)12(16)15-6-9-7-17-3-4-18-9/h1-2,5,9H,3-4,6-7H2,(H,15,16). The number of amides is 1. The highest BCUT2D eigenvalue weighted by molar-refractivity contribution is 9.10. The zero-order chi connectivity index (χ0) is 13.0. The summed E-state index contributed by atoms with van der Waals surface area (Å²) in [6.07, 6.45) is -0.169. The third-order valence-electron chi connectivity index (χ3n) is 2.55. The van der Waals surface area contributed by atoms with Crippen molar-refractivity contribution in [2.24, 2.45) is 0 Å². The molecule has 18 heavy (non-hydrogen) atoms. The van der Waals surface area contributed by atoms with E-state index in [4.69, 9.17) is 9.47 Å². The number of hydrogen-bond donors (Lipinski definition) is 1. The summed E-state index contributed by atoms with van der Waals surface area (Å²) in [6, 6.07) is 4.24. The summed E-state index contributed by atoms with van der Waals surface area (Å²) in [5.41, 5.74) is 0.0149. The van der Waals surface area contributed by atoms with Gasteiger partial charge in [-0.1, -0.05) is 15.9 Å². The SMILES string of the molecule is O=C(NCC1COCCO1)c1cc(Br)ccc1F. The second-order valence-electron chi connectivity index (χ2n) is 3.90. The molecule has 0 aliphatic carbocycles. The summed E-state index contributed by atoms with van der Waals surface area (Å²) in [4.78, 5) is 11.8. The van der Waals surface area contributed by atoms with E-state index >= 15 is 0 Å². The zero-order valence-electron chi connectivity index (χ0n) is 9.62. The monoisotopic (exact) mass is 317 g/mol. The van der Waals surface area contributed by atoms with E-state index in [1.165, 1.54) is 12.1 Å².